The van der Waals surface area contributed by atoms with E-state index in [0.717, 1.165) is 39.3 Å². The molecule has 204 valence electrons. The van der Waals surface area contributed by atoms with Crippen molar-refractivity contribution in [3.8, 4) is 5.69 Å². The van der Waals surface area contributed by atoms with Gasteiger partial charge < -0.3 is 4.57 Å². The minimum absolute atomic E-state index is 1.09. The van der Waals surface area contributed by atoms with Crippen LogP contribution in [0.2, 0.25) is 0 Å². The molecule has 4 aromatic rings. The Labute approximate surface area is 245 Å². The first-order chi connectivity index (χ1) is 19.9. The van der Waals surface area contributed by atoms with Gasteiger partial charge in [0.2, 0.25) is 0 Å². The highest BCUT2D eigenvalue weighted by Gasteiger charge is 2.17. The van der Waals surface area contributed by atoms with Crippen LogP contribution in [0, 0.1) is 13.8 Å². The van der Waals surface area contributed by atoms with Gasteiger partial charge in [-0.3, -0.25) is 0 Å². The van der Waals surface area contributed by atoms with Crippen molar-refractivity contribution in [1.82, 2.24) is 4.57 Å². The first-order valence-electron chi connectivity index (χ1n) is 14.0. The van der Waals surface area contributed by atoms with E-state index in [9.17, 15) is 0 Å². The van der Waals surface area contributed by atoms with Gasteiger partial charge in [0, 0.05) is 17.1 Å². The van der Waals surface area contributed by atoms with Gasteiger partial charge in [0.1, 0.15) is 0 Å². The van der Waals surface area contributed by atoms with Gasteiger partial charge in [-0.2, -0.15) is 0 Å². The summed E-state index contributed by atoms with van der Waals surface area (Å²) in [6.07, 6.45) is 22.3. The summed E-state index contributed by atoms with van der Waals surface area (Å²) in [7, 11) is 0. The van der Waals surface area contributed by atoms with Crippen LogP contribution in [0.5, 0.6) is 0 Å². The fraction of sp³-hybridized carbons (Fsp3) is 0.100. The molecule has 0 radical (unpaired) electrons. The summed E-state index contributed by atoms with van der Waals surface area (Å²) in [5.41, 5.74) is 12.7. The fourth-order valence-corrected chi connectivity index (χ4v) is 5.51. The molecule has 0 unspecified atom stereocenters. The monoisotopic (exact) mass is 533 g/mol. The molecule has 1 nitrogen and oxygen atoms in total. The van der Waals surface area contributed by atoms with Crippen molar-refractivity contribution < 1.29 is 0 Å². The predicted molar refractivity (Wildman–Crippen MR) is 186 cm³/mol. The van der Waals surface area contributed by atoms with Crippen LogP contribution in [-0.4, -0.2) is 4.57 Å². The van der Waals surface area contributed by atoms with Gasteiger partial charge in [-0.05, 0) is 107 Å². The van der Waals surface area contributed by atoms with Crippen molar-refractivity contribution in [2.24, 2.45) is 0 Å². The van der Waals surface area contributed by atoms with Crippen LogP contribution in [0.4, 0.5) is 0 Å². The third-order valence-corrected chi connectivity index (χ3v) is 7.63. The molecule has 0 bridgehead atoms. The van der Waals surface area contributed by atoms with Crippen molar-refractivity contribution in [2.45, 2.75) is 27.7 Å². The summed E-state index contributed by atoms with van der Waals surface area (Å²) < 4.78 is 2.31. The van der Waals surface area contributed by atoms with Crippen molar-refractivity contribution >= 4 is 52.8 Å². The Hall–Kier alpha value is -4.88. The number of allylic oxidation sites excluding steroid dienone is 6. The van der Waals surface area contributed by atoms with E-state index < -0.39 is 0 Å². The van der Waals surface area contributed by atoms with E-state index in [2.05, 4.69) is 131 Å². The highest BCUT2D eigenvalue weighted by Crippen LogP contribution is 2.36. The lowest BCUT2D eigenvalue weighted by atomic mass is 9.87. The average Bonchev–Trinajstić information content (AvgIpc) is 3.24. The van der Waals surface area contributed by atoms with Crippen molar-refractivity contribution in [2.75, 3.05) is 0 Å². The summed E-state index contributed by atoms with van der Waals surface area (Å²) in [5.74, 6) is 0. The lowest BCUT2D eigenvalue weighted by Crippen LogP contribution is -2.01. The second-order valence-corrected chi connectivity index (χ2v) is 10.0. The number of benzene rings is 3. The smallest absolute Gasteiger partial charge is 0.0494 e. The molecular formula is C40H39N. The lowest BCUT2D eigenvalue weighted by molar-refractivity contribution is 1.04. The Morgan fingerprint density at radius 3 is 1.78 bits per heavy atom. The summed E-state index contributed by atoms with van der Waals surface area (Å²) >= 11 is 0. The third kappa shape index (κ3) is 5.58. The molecule has 0 aliphatic heterocycles. The normalized spacial score (nSPS) is 12.1. The highest BCUT2D eigenvalue weighted by atomic mass is 15.0. The van der Waals surface area contributed by atoms with Gasteiger partial charge in [-0.1, -0.05) is 117 Å². The zero-order chi connectivity index (χ0) is 29.5. The topological polar surface area (TPSA) is 4.93 Å². The van der Waals surface area contributed by atoms with Gasteiger partial charge in [0.25, 0.3) is 0 Å². The molecule has 41 heavy (non-hydrogen) atoms. The van der Waals surface area contributed by atoms with Crippen LogP contribution in [0.25, 0.3) is 58.5 Å². The molecular weight excluding hydrogens is 494 g/mol. The second kappa shape index (κ2) is 13.0. The number of aromatic nitrogens is 1. The maximum atomic E-state index is 4.19. The Balaban J connectivity index is 1.97. The molecule has 0 spiro atoms. The molecule has 1 heterocycles. The van der Waals surface area contributed by atoms with E-state index in [0.29, 0.717) is 0 Å². The van der Waals surface area contributed by atoms with Crippen LogP contribution in [0.3, 0.4) is 0 Å². The van der Waals surface area contributed by atoms with Crippen LogP contribution in [0.15, 0.2) is 105 Å². The summed E-state index contributed by atoms with van der Waals surface area (Å²) in [4.78, 5) is 0. The van der Waals surface area contributed by atoms with Crippen molar-refractivity contribution in [1.29, 1.82) is 0 Å². The molecule has 0 saturated heterocycles. The maximum absolute atomic E-state index is 4.19. The van der Waals surface area contributed by atoms with Crippen LogP contribution in [0.1, 0.15) is 64.2 Å². The minimum Gasteiger partial charge on any atom is -0.310 e. The second-order valence-electron chi connectivity index (χ2n) is 10.0. The number of hydrogen-bond donors (Lipinski definition) is 0. The molecule has 0 atom stereocenters. The zero-order valence-electron chi connectivity index (χ0n) is 24.7. The fourth-order valence-electron chi connectivity index (χ4n) is 5.51. The maximum Gasteiger partial charge on any atom is 0.0494 e. The minimum atomic E-state index is 1.09. The Morgan fingerprint density at radius 1 is 0.683 bits per heavy atom. The van der Waals surface area contributed by atoms with Crippen LogP contribution in [-0.2, 0) is 0 Å². The average molecular weight is 534 g/mol. The van der Waals surface area contributed by atoms with E-state index >= 15 is 0 Å². The SMILES string of the molecule is C=C/C=C\c1c(C)c(C)c(/C=C\C=C)n1-c1cccc(/C(C)=C/c2c(C=C)c(C=C)c(/C=C\C)c3ccccc23)c1. The third-order valence-electron chi connectivity index (χ3n) is 7.63. The lowest BCUT2D eigenvalue weighted by Gasteiger charge is -2.17. The summed E-state index contributed by atoms with van der Waals surface area (Å²) in [5, 5.41) is 2.40. The van der Waals surface area contributed by atoms with E-state index in [1.165, 1.54) is 33.0 Å². The van der Waals surface area contributed by atoms with Gasteiger partial charge in [-0.25, -0.2) is 0 Å². The first kappa shape index (κ1) is 29.1. The largest absolute Gasteiger partial charge is 0.310 e. The van der Waals surface area contributed by atoms with Crippen molar-refractivity contribution in [3.63, 3.8) is 0 Å². The molecule has 4 rings (SSSR count). The first-order valence-corrected chi connectivity index (χ1v) is 14.0. The van der Waals surface area contributed by atoms with Gasteiger partial charge in [0.15, 0.2) is 0 Å². The highest BCUT2D eigenvalue weighted by molar-refractivity contribution is 6.05. The van der Waals surface area contributed by atoms with E-state index in [1.54, 1.807) is 0 Å². The molecule has 3 aromatic carbocycles. The number of rotatable bonds is 10. The predicted octanol–water partition coefficient (Wildman–Crippen LogP) is 11.5. The van der Waals surface area contributed by atoms with Gasteiger partial charge >= 0.3 is 0 Å². The molecule has 0 amide bonds. The quantitative estimate of drug-likeness (QED) is 0.141. The Kier molecular flexibility index (Phi) is 9.22. The number of nitrogens with zero attached hydrogens (tertiary/aromatic N) is 1. The number of hydrogen-bond acceptors (Lipinski definition) is 0. The van der Waals surface area contributed by atoms with Gasteiger partial charge in [-0.15, -0.1) is 0 Å². The zero-order valence-corrected chi connectivity index (χ0v) is 24.7. The Bertz CT molecular complexity index is 1730. The molecule has 0 N–H and O–H groups in total. The molecule has 0 aliphatic carbocycles. The Morgan fingerprint density at radius 2 is 1.24 bits per heavy atom. The van der Waals surface area contributed by atoms with Gasteiger partial charge in [0.05, 0.1) is 0 Å². The molecule has 1 aromatic heterocycles. The van der Waals surface area contributed by atoms with E-state index in [-0.39, 0.29) is 0 Å². The van der Waals surface area contributed by atoms with Crippen LogP contribution < -0.4 is 0 Å². The molecule has 1 heteroatoms. The number of fused-ring (bicyclic) bond motifs is 1. The summed E-state index contributed by atoms with van der Waals surface area (Å²) in [6, 6.07) is 17.3. The summed E-state index contributed by atoms with van der Waals surface area (Å²) in [6.45, 7) is 24.7. The van der Waals surface area contributed by atoms with Crippen LogP contribution >= 0.6 is 0 Å². The van der Waals surface area contributed by atoms with Crippen molar-refractivity contribution in [3.05, 3.63) is 156 Å². The van der Waals surface area contributed by atoms with E-state index in [1.807, 2.05) is 43.4 Å². The molecule has 0 saturated carbocycles. The van der Waals surface area contributed by atoms with E-state index in [4.69, 9.17) is 0 Å². The molecule has 0 fully saturated rings. The molecule has 0 aliphatic rings. The standard InChI is InChI=1S/C40H39N/c1-9-14-24-39-29(7)30(8)40(25-15-10-2)41(39)32-21-18-20-31(27-32)28(6)26-38-34(13-5)33(12-4)35(19-11-3)36-22-16-17-23-37(36)38/h9-27H,1-2,4-5H2,3,6-8H3/b19-11-,24-14-,25-15-,28-26+.